The summed E-state index contributed by atoms with van der Waals surface area (Å²) in [5.41, 5.74) is 3.70. The minimum Gasteiger partial charge on any atom is -0.456 e. The SMILES string of the molecule is CC(=O)O[C@@H]1[C@@H](OC(C)=O)[C@H](OC(C)=O)CO[C@H]1NC(=O)c1cc(NC(=O)CCCNC(=O)c2cc(NC(=O)c3cc4ccccc4[nH]3)cn2C)cn1CCCCCCCCCCCOCc1ccccc1. The molecule has 0 unspecified atom stereocenters. The fourth-order valence-electron chi connectivity index (χ4n) is 8.53. The molecular formula is C53H67N7O12. The third-order valence-corrected chi connectivity index (χ3v) is 12.0. The van der Waals surface area contributed by atoms with Crippen molar-refractivity contribution in [2.24, 2.45) is 7.05 Å². The van der Waals surface area contributed by atoms with Crippen LogP contribution in [0.15, 0.2) is 85.2 Å². The van der Waals surface area contributed by atoms with E-state index in [1.165, 1.54) is 18.6 Å². The standard InChI is InChI=1S/C53H67N7O12/c1-35(61)70-46-34-69-53(49(72-37(3)63)48(46)71-36(2)62)58-52(67)45-30-41(32-60(45)26-17-10-8-6-5-7-9-11-18-27-68-33-38-20-13-12-14-21-38)55-47(64)24-19-25-54-51(66)44-29-40(31-59(44)4)56-50(65)43-28-39-22-15-16-23-42(39)57-43/h12-16,20-23,28-32,46,48-49,53,57H,5-11,17-19,24-27,33-34H2,1-4H3,(H,54,66)(H,55,64)(H,56,65)(H,58,67)/t46-,48+,49-,53-/m1/s1. The van der Waals surface area contributed by atoms with Gasteiger partial charge in [-0.2, -0.15) is 0 Å². The van der Waals surface area contributed by atoms with E-state index in [0.29, 0.717) is 42.3 Å². The number of hydrogen-bond acceptors (Lipinski definition) is 12. The highest BCUT2D eigenvalue weighted by Crippen LogP contribution is 2.25. The molecule has 72 heavy (non-hydrogen) atoms. The van der Waals surface area contributed by atoms with Crippen molar-refractivity contribution in [2.75, 3.05) is 30.4 Å². The third kappa shape index (κ3) is 16.7. The number of fused-ring (bicyclic) bond motifs is 1. The van der Waals surface area contributed by atoms with E-state index in [4.69, 9.17) is 23.7 Å². The lowest BCUT2D eigenvalue weighted by molar-refractivity contribution is -0.228. The molecule has 6 rings (SSSR count). The van der Waals surface area contributed by atoms with Crippen molar-refractivity contribution in [1.29, 1.82) is 0 Å². The number of aromatic amines is 1. The molecule has 1 aliphatic rings. The second kappa shape index (κ2) is 27.4. The zero-order chi connectivity index (χ0) is 51.4. The largest absolute Gasteiger partial charge is 0.456 e. The predicted molar refractivity (Wildman–Crippen MR) is 268 cm³/mol. The van der Waals surface area contributed by atoms with Crippen LogP contribution in [0.1, 0.15) is 128 Å². The summed E-state index contributed by atoms with van der Waals surface area (Å²) in [7, 11) is 1.69. The van der Waals surface area contributed by atoms with Crippen LogP contribution in [0.3, 0.4) is 0 Å². The lowest BCUT2D eigenvalue weighted by Gasteiger charge is -2.40. The number of amides is 4. The summed E-state index contributed by atoms with van der Waals surface area (Å²) < 4.78 is 31.2. The topological polar surface area (TPSA) is 239 Å². The van der Waals surface area contributed by atoms with E-state index in [1.54, 1.807) is 40.7 Å². The zero-order valence-electron chi connectivity index (χ0n) is 41.5. The summed E-state index contributed by atoms with van der Waals surface area (Å²) in [6.45, 7) is 5.22. The van der Waals surface area contributed by atoms with Crippen molar-refractivity contribution in [3.8, 4) is 0 Å². The lowest BCUT2D eigenvalue weighted by atomic mass is 10.0. The van der Waals surface area contributed by atoms with Crippen LogP contribution in [0, 0.1) is 0 Å². The fourth-order valence-corrected chi connectivity index (χ4v) is 8.53. The number of carbonyl (C=O) groups is 7. The molecule has 0 spiro atoms. The van der Waals surface area contributed by atoms with Crippen LogP contribution in [-0.4, -0.2) is 100.0 Å². The first-order valence-corrected chi connectivity index (χ1v) is 24.6. The molecule has 3 aromatic heterocycles. The number of para-hydroxylation sites is 1. The van der Waals surface area contributed by atoms with Crippen LogP contribution >= 0.6 is 0 Å². The molecule has 0 aliphatic carbocycles. The van der Waals surface area contributed by atoms with E-state index in [0.717, 1.165) is 89.1 Å². The van der Waals surface area contributed by atoms with Gasteiger partial charge in [0, 0.05) is 77.2 Å². The number of nitrogens with zero attached hydrogens (tertiary/aromatic N) is 2. The quantitative estimate of drug-likeness (QED) is 0.0198. The second-order valence-electron chi connectivity index (χ2n) is 17.9. The average molecular weight is 994 g/mol. The van der Waals surface area contributed by atoms with E-state index in [-0.39, 0.29) is 43.0 Å². The van der Waals surface area contributed by atoms with Gasteiger partial charge in [0.2, 0.25) is 5.91 Å². The number of hydrogen-bond donors (Lipinski definition) is 5. The Hall–Kier alpha value is -7.25. The molecule has 1 fully saturated rings. The van der Waals surface area contributed by atoms with Gasteiger partial charge in [-0.05, 0) is 49.1 Å². The van der Waals surface area contributed by atoms with Crippen LogP contribution in [0.25, 0.3) is 10.9 Å². The molecule has 5 N–H and O–H groups in total. The number of carbonyl (C=O) groups excluding carboxylic acids is 7. The molecule has 4 amide bonds. The first-order valence-electron chi connectivity index (χ1n) is 24.6. The highest BCUT2D eigenvalue weighted by atomic mass is 16.6. The Balaban J connectivity index is 0.999. The maximum Gasteiger partial charge on any atom is 0.303 e. The number of aromatic nitrogens is 3. The Kier molecular flexibility index (Phi) is 20.6. The number of rotatable bonds is 27. The highest BCUT2D eigenvalue weighted by molar-refractivity contribution is 6.06. The minimum absolute atomic E-state index is 0.0506. The van der Waals surface area contributed by atoms with Crippen LogP contribution < -0.4 is 21.3 Å². The van der Waals surface area contributed by atoms with Crippen molar-refractivity contribution in [1.82, 2.24) is 24.8 Å². The van der Waals surface area contributed by atoms with Crippen molar-refractivity contribution < 1.29 is 57.2 Å². The van der Waals surface area contributed by atoms with E-state index in [1.807, 2.05) is 42.5 Å². The molecule has 0 saturated carbocycles. The normalized spacial score (nSPS) is 16.4. The molecule has 386 valence electrons. The second-order valence-corrected chi connectivity index (χ2v) is 17.9. The number of unbranched alkanes of at least 4 members (excludes halogenated alkanes) is 8. The monoisotopic (exact) mass is 993 g/mol. The molecule has 5 aromatic rings. The molecular weight excluding hydrogens is 927 g/mol. The van der Waals surface area contributed by atoms with Crippen molar-refractivity contribution in [2.45, 2.75) is 129 Å². The van der Waals surface area contributed by atoms with Gasteiger partial charge in [-0.25, -0.2) is 0 Å². The average Bonchev–Trinajstić information content (AvgIpc) is 4.07. The number of anilines is 2. The summed E-state index contributed by atoms with van der Waals surface area (Å²) in [6.07, 6.45) is 7.92. The first kappa shape index (κ1) is 54.1. The summed E-state index contributed by atoms with van der Waals surface area (Å²) in [4.78, 5) is 92.7. The number of esters is 3. The van der Waals surface area contributed by atoms with Crippen LogP contribution in [-0.2, 0) is 63.1 Å². The van der Waals surface area contributed by atoms with Gasteiger partial charge >= 0.3 is 17.9 Å². The van der Waals surface area contributed by atoms with Gasteiger partial charge in [0.25, 0.3) is 17.7 Å². The Morgan fingerprint density at radius 3 is 2.01 bits per heavy atom. The molecule has 0 bridgehead atoms. The van der Waals surface area contributed by atoms with Crippen LogP contribution in [0.4, 0.5) is 11.4 Å². The van der Waals surface area contributed by atoms with E-state index < -0.39 is 48.4 Å². The van der Waals surface area contributed by atoms with Gasteiger partial charge in [-0.15, -0.1) is 0 Å². The van der Waals surface area contributed by atoms with Crippen molar-refractivity contribution in [3.05, 3.63) is 108 Å². The van der Waals surface area contributed by atoms with Gasteiger partial charge in [0.05, 0.1) is 24.6 Å². The summed E-state index contributed by atoms with van der Waals surface area (Å²) in [5.74, 6) is -3.86. The maximum absolute atomic E-state index is 14.1. The first-order chi connectivity index (χ1) is 34.7. The molecule has 2 aromatic carbocycles. The summed E-state index contributed by atoms with van der Waals surface area (Å²) >= 11 is 0. The van der Waals surface area contributed by atoms with Gasteiger partial charge in [-0.1, -0.05) is 93.5 Å². The molecule has 0 radical (unpaired) electrons. The third-order valence-electron chi connectivity index (χ3n) is 12.0. The van der Waals surface area contributed by atoms with Gasteiger partial charge in [0.1, 0.15) is 17.1 Å². The maximum atomic E-state index is 14.1. The summed E-state index contributed by atoms with van der Waals surface area (Å²) in [6, 6.07) is 22.6. The molecule has 19 heteroatoms. The molecule has 4 heterocycles. The predicted octanol–water partition coefficient (Wildman–Crippen LogP) is 7.32. The van der Waals surface area contributed by atoms with Crippen molar-refractivity contribution in [3.63, 3.8) is 0 Å². The Morgan fingerprint density at radius 1 is 0.667 bits per heavy atom. The zero-order valence-corrected chi connectivity index (χ0v) is 41.5. The summed E-state index contributed by atoms with van der Waals surface area (Å²) in [5, 5.41) is 12.2. The van der Waals surface area contributed by atoms with Crippen LogP contribution in [0.5, 0.6) is 0 Å². The van der Waals surface area contributed by atoms with E-state index in [9.17, 15) is 33.6 Å². The molecule has 4 atom stereocenters. The molecule has 19 nitrogen and oxygen atoms in total. The highest BCUT2D eigenvalue weighted by Gasteiger charge is 2.47. The fraction of sp³-hybridized carbons (Fsp3) is 0.453. The lowest BCUT2D eigenvalue weighted by Crippen LogP contribution is -2.62. The number of H-pyrrole nitrogens is 1. The Labute approximate surface area is 419 Å². The van der Waals surface area contributed by atoms with E-state index >= 15 is 0 Å². The smallest absolute Gasteiger partial charge is 0.303 e. The Morgan fingerprint density at radius 2 is 1.31 bits per heavy atom. The Bertz CT molecular complexity index is 2590. The van der Waals surface area contributed by atoms with Gasteiger partial charge in [0.15, 0.2) is 24.5 Å². The van der Waals surface area contributed by atoms with Crippen molar-refractivity contribution >= 4 is 63.8 Å². The molecule has 1 saturated heterocycles. The number of aryl methyl sites for hydroxylation is 2. The van der Waals surface area contributed by atoms with Crippen LogP contribution in [0.2, 0.25) is 0 Å². The molecule has 1 aliphatic heterocycles. The number of nitrogens with one attached hydrogen (secondary N) is 5. The van der Waals surface area contributed by atoms with E-state index in [2.05, 4.69) is 38.4 Å². The minimum atomic E-state index is -1.37. The van der Waals surface area contributed by atoms with Gasteiger partial charge in [-0.3, -0.25) is 33.6 Å². The number of benzene rings is 2. The van der Waals surface area contributed by atoms with Gasteiger partial charge < -0.3 is 59.1 Å². The number of ether oxygens (including phenoxy) is 5.